The number of nitrogens with zero attached hydrogens (tertiary/aromatic N) is 3. The molecular formula is C26H18N6O3S. The van der Waals surface area contributed by atoms with Crippen molar-refractivity contribution in [1.82, 2.24) is 25.5 Å². The zero-order valence-electron chi connectivity index (χ0n) is 18.7. The van der Waals surface area contributed by atoms with Crippen molar-refractivity contribution in [2.75, 3.05) is 5.32 Å². The number of hydrogen-bond donors (Lipinski definition) is 3. The van der Waals surface area contributed by atoms with Crippen LogP contribution in [0.3, 0.4) is 0 Å². The largest absolute Gasteiger partial charge is 0.348 e. The third kappa shape index (κ3) is 3.93. The Morgan fingerprint density at radius 2 is 1.78 bits per heavy atom. The van der Waals surface area contributed by atoms with Crippen molar-refractivity contribution >= 4 is 39.2 Å². The Balaban J connectivity index is 1.16. The molecule has 0 saturated carbocycles. The van der Waals surface area contributed by atoms with Crippen LogP contribution in [0.5, 0.6) is 0 Å². The van der Waals surface area contributed by atoms with Gasteiger partial charge in [-0.2, -0.15) is 5.10 Å². The number of aromatic amines is 1. The van der Waals surface area contributed by atoms with Crippen molar-refractivity contribution in [3.63, 3.8) is 0 Å². The number of benzene rings is 3. The summed E-state index contributed by atoms with van der Waals surface area (Å²) in [5.74, 6) is -0.128. The van der Waals surface area contributed by atoms with Crippen LogP contribution in [-0.4, -0.2) is 36.2 Å². The number of fused-ring (bicyclic) bond motifs is 3. The summed E-state index contributed by atoms with van der Waals surface area (Å²) in [6.45, 7) is 0.223. The molecule has 9 nitrogen and oxygen atoms in total. The lowest BCUT2D eigenvalue weighted by molar-refractivity contribution is 0.0949. The summed E-state index contributed by atoms with van der Waals surface area (Å²) in [5, 5.41) is 13.5. The number of carbonyl (C=O) groups is 2. The van der Waals surface area contributed by atoms with Crippen molar-refractivity contribution in [2.24, 2.45) is 0 Å². The van der Waals surface area contributed by atoms with Gasteiger partial charge in [-0.05, 0) is 48.5 Å². The Morgan fingerprint density at radius 3 is 2.64 bits per heavy atom. The van der Waals surface area contributed by atoms with E-state index in [-0.39, 0.29) is 18.4 Å². The third-order valence-corrected chi connectivity index (χ3v) is 7.39. The molecule has 1 aliphatic rings. The summed E-state index contributed by atoms with van der Waals surface area (Å²) in [4.78, 5) is 35.2. The Labute approximate surface area is 207 Å². The number of carbonyl (C=O) groups excluding carboxylic acids is 2. The van der Waals surface area contributed by atoms with Crippen LogP contribution in [0.1, 0.15) is 26.3 Å². The summed E-state index contributed by atoms with van der Waals surface area (Å²) in [5.41, 5.74) is 3.58. The van der Waals surface area contributed by atoms with E-state index in [0.717, 1.165) is 22.0 Å². The van der Waals surface area contributed by atoms with E-state index < -0.39 is 10.8 Å². The van der Waals surface area contributed by atoms with Gasteiger partial charge in [0.15, 0.2) is 5.82 Å². The molecule has 1 atom stereocenters. The number of amides is 2. The summed E-state index contributed by atoms with van der Waals surface area (Å²) in [6.07, 6.45) is 5.08. The predicted molar refractivity (Wildman–Crippen MR) is 134 cm³/mol. The number of H-pyrrole nitrogens is 1. The van der Waals surface area contributed by atoms with Crippen molar-refractivity contribution < 1.29 is 13.8 Å². The average molecular weight is 495 g/mol. The molecule has 0 spiro atoms. The Kier molecular flexibility index (Phi) is 5.34. The number of hydrogen-bond acceptors (Lipinski definition) is 6. The number of aromatic nitrogens is 4. The maximum absolute atomic E-state index is 13.0. The van der Waals surface area contributed by atoms with E-state index in [2.05, 4.69) is 30.8 Å². The van der Waals surface area contributed by atoms with Gasteiger partial charge in [0.2, 0.25) is 0 Å². The lowest BCUT2D eigenvalue weighted by Gasteiger charge is -2.10. The number of anilines is 1. The highest BCUT2D eigenvalue weighted by atomic mass is 32.2. The second-order valence-corrected chi connectivity index (χ2v) is 9.62. The molecule has 3 heterocycles. The van der Waals surface area contributed by atoms with E-state index in [1.165, 1.54) is 6.07 Å². The Morgan fingerprint density at radius 1 is 0.944 bits per heavy atom. The number of nitrogens with one attached hydrogen (secondary N) is 3. The van der Waals surface area contributed by atoms with E-state index in [1.54, 1.807) is 55.0 Å². The molecular weight excluding hydrogens is 476 g/mol. The minimum atomic E-state index is -1.54. The molecule has 36 heavy (non-hydrogen) atoms. The molecule has 6 rings (SSSR count). The number of rotatable bonds is 4. The van der Waals surface area contributed by atoms with Crippen LogP contribution in [0.4, 0.5) is 5.69 Å². The van der Waals surface area contributed by atoms with E-state index in [1.807, 2.05) is 18.2 Å². The molecule has 10 heteroatoms. The first-order chi connectivity index (χ1) is 17.6. The highest BCUT2D eigenvalue weighted by Crippen LogP contribution is 2.31. The molecule has 1 aliphatic heterocycles. The van der Waals surface area contributed by atoms with Crippen molar-refractivity contribution in [3.8, 4) is 11.4 Å². The van der Waals surface area contributed by atoms with Crippen molar-refractivity contribution in [1.29, 1.82) is 0 Å². The normalized spacial score (nSPS) is 14.4. The molecule has 5 aromatic rings. The first-order valence-corrected chi connectivity index (χ1v) is 12.2. The van der Waals surface area contributed by atoms with Gasteiger partial charge in [0.1, 0.15) is 0 Å². The first-order valence-electron chi connectivity index (χ1n) is 11.1. The molecule has 0 fully saturated rings. The monoisotopic (exact) mass is 494 g/mol. The lowest BCUT2D eigenvalue weighted by Crippen LogP contribution is -2.23. The van der Waals surface area contributed by atoms with Gasteiger partial charge in [0, 0.05) is 41.0 Å². The third-order valence-electron chi connectivity index (χ3n) is 5.88. The summed E-state index contributed by atoms with van der Waals surface area (Å²) < 4.78 is 13.0. The summed E-state index contributed by atoms with van der Waals surface area (Å²) in [7, 11) is -1.54. The second kappa shape index (κ2) is 8.82. The minimum Gasteiger partial charge on any atom is -0.348 e. The molecule has 1 unspecified atom stereocenters. The molecule has 3 N–H and O–H groups in total. The molecule has 0 saturated heterocycles. The van der Waals surface area contributed by atoms with Gasteiger partial charge in [-0.1, -0.05) is 12.1 Å². The van der Waals surface area contributed by atoms with Crippen LogP contribution in [0.25, 0.3) is 22.3 Å². The zero-order chi connectivity index (χ0) is 24.6. The molecule has 176 valence electrons. The smallest absolute Gasteiger partial charge is 0.256 e. The Bertz CT molecular complexity index is 1680. The topological polar surface area (TPSA) is 130 Å². The Hall–Kier alpha value is -4.70. The van der Waals surface area contributed by atoms with E-state index in [9.17, 15) is 13.8 Å². The zero-order valence-corrected chi connectivity index (χ0v) is 19.5. The standard InChI is InChI=1S/C26H18N6O3S/c33-25(17-6-8-23-21(10-17)31-26(34)19-3-1-2-4-22(19)36(23)35)29-13-15-11-27-24(28-12-15)16-5-7-20-18(9-16)14-30-32-20/h1-12,14H,13H2,(H,29,33)(H,30,32)(H,31,34). The maximum atomic E-state index is 13.0. The van der Waals surface area contributed by atoms with Gasteiger partial charge in [0.05, 0.1) is 43.6 Å². The first kappa shape index (κ1) is 21.8. The second-order valence-electron chi connectivity index (χ2n) is 8.20. The van der Waals surface area contributed by atoms with Gasteiger partial charge < -0.3 is 10.6 Å². The molecule has 3 aromatic carbocycles. The molecule has 2 amide bonds. The fourth-order valence-corrected chi connectivity index (χ4v) is 5.32. The van der Waals surface area contributed by atoms with Crippen LogP contribution in [0, 0.1) is 0 Å². The highest BCUT2D eigenvalue weighted by Gasteiger charge is 2.25. The fourth-order valence-electron chi connectivity index (χ4n) is 4.02. The molecule has 2 aromatic heterocycles. The van der Waals surface area contributed by atoms with Gasteiger partial charge in [-0.3, -0.25) is 14.7 Å². The molecule has 0 bridgehead atoms. The van der Waals surface area contributed by atoms with Crippen molar-refractivity contribution in [2.45, 2.75) is 16.3 Å². The van der Waals surface area contributed by atoms with Crippen LogP contribution in [0.2, 0.25) is 0 Å². The summed E-state index contributed by atoms with van der Waals surface area (Å²) >= 11 is 0. The SMILES string of the molecule is O=C(NCc1cnc(-c2ccc3[nH]ncc3c2)nc1)c1ccc2c(c1)NC(=O)c1ccccc1S2=O. The van der Waals surface area contributed by atoms with E-state index in [0.29, 0.717) is 32.4 Å². The molecule has 0 radical (unpaired) electrons. The van der Waals surface area contributed by atoms with Crippen LogP contribution in [-0.2, 0) is 17.3 Å². The van der Waals surface area contributed by atoms with Gasteiger partial charge >= 0.3 is 0 Å². The van der Waals surface area contributed by atoms with Gasteiger partial charge in [-0.25, -0.2) is 14.2 Å². The average Bonchev–Trinajstić information content (AvgIpc) is 3.36. The van der Waals surface area contributed by atoms with E-state index in [4.69, 9.17) is 0 Å². The highest BCUT2D eigenvalue weighted by molar-refractivity contribution is 7.85. The maximum Gasteiger partial charge on any atom is 0.256 e. The quantitative estimate of drug-likeness (QED) is 0.349. The van der Waals surface area contributed by atoms with Gasteiger partial charge in [0.25, 0.3) is 11.8 Å². The van der Waals surface area contributed by atoms with Crippen molar-refractivity contribution in [3.05, 3.63) is 95.9 Å². The fraction of sp³-hybridized carbons (Fsp3) is 0.0385. The molecule has 0 aliphatic carbocycles. The van der Waals surface area contributed by atoms with Crippen LogP contribution in [0.15, 0.2) is 89.0 Å². The van der Waals surface area contributed by atoms with Gasteiger partial charge in [-0.15, -0.1) is 0 Å². The predicted octanol–water partition coefficient (Wildman–Crippen LogP) is 3.68. The van der Waals surface area contributed by atoms with Crippen LogP contribution < -0.4 is 10.6 Å². The lowest BCUT2D eigenvalue weighted by atomic mass is 10.1. The minimum absolute atomic E-state index is 0.223. The van der Waals surface area contributed by atoms with Crippen LogP contribution >= 0.6 is 0 Å². The van der Waals surface area contributed by atoms with E-state index >= 15 is 0 Å². The summed E-state index contributed by atoms with van der Waals surface area (Å²) in [6, 6.07) is 17.3.